The SMILES string of the molecule is C=c1ccc2c(c1)C=CC(/C=C/C=C1/N(C)c3ccccc3C1(C)C)N=2. The lowest BCUT2D eigenvalue weighted by Gasteiger charge is -2.23. The standard InChI is InChI=1S/C24H24N2/c1-17-12-15-21-18(16-17)13-14-19(25-21)8-7-11-23-24(2,3)20-9-5-6-10-22(20)26(23)4/h5-16,19H,1H2,2-4H3/b8-7+,23-11+. The number of hydrogen-bond donors (Lipinski definition) is 0. The Labute approximate surface area is 155 Å². The van der Waals surface area contributed by atoms with Crippen molar-refractivity contribution in [2.24, 2.45) is 4.99 Å². The third kappa shape index (κ3) is 2.72. The molecule has 2 nitrogen and oxygen atoms in total. The van der Waals surface area contributed by atoms with Gasteiger partial charge in [0.25, 0.3) is 0 Å². The molecule has 2 aromatic rings. The van der Waals surface area contributed by atoms with Gasteiger partial charge in [-0.2, -0.15) is 0 Å². The van der Waals surface area contributed by atoms with E-state index in [1.165, 1.54) is 16.9 Å². The second kappa shape index (κ2) is 6.14. The third-order valence-electron chi connectivity index (χ3n) is 5.36. The van der Waals surface area contributed by atoms with Crippen molar-refractivity contribution in [3.05, 3.63) is 94.2 Å². The number of nitrogens with zero attached hydrogens (tertiary/aromatic N) is 2. The molecule has 26 heavy (non-hydrogen) atoms. The highest BCUT2D eigenvalue weighted by molar-refractivity contribution is 5.70. The Kier molecular flexibility index (Phi) is 3.91. The van der Waals surface area contributed by atoms with Crippen LogP contribution in [-0.4, -0.2) is 13.1 Å². The van der Waals surface area contributed by atoms with Crippen LogP contribution in [0.1, 0.15) is 25.0 Å². The van der Waals surface area contributed by atoms with Gasteiger partial charge >= 0.3 is 0 Å². The van der Waals surface area contributed by atoms with Crippen LogP contribution >= 0.6 is 0 Å². The van der Waals surface area contributed by atoms with E-state index in [1.807, 2.05) is 12.1 Å². The van der Waals surface area contributed by atoms with Gasteiger partial charge in [-0.1, -0.05) is 69.0 Å². The lowest BCUT2D eigenvalue weighted by atomic mass is 9.84. The quantitative estimate of drug-likeness (QED) is 0.807. The van der Waals surface area contributed by atoms with Gasteiger partial charge in [-0.25, -0.2) is 0 Å². The van der Waals surface area contributed by atoms with Crippen LogP contribution in [0.5, 0.6) is 0 Å². The summed E-state index contributed by atoms with van der Waals surface area (Å²) in [7, 11) is 2.14. The lowest BCUT2D eigenvalue weighted by Crippen LogP contribution is -2.22. The molecule has 0 aliphatic carbocycles. The molecule has 0 N–H and O–H groups in total. The molecule has 0 saturated carbocycles. The number of hydrogen-bond acceptors (Lipinski definition) is 2. The monoisotopic (exact) mass is 340 g/mol. The molecule has 0 spiro atoms. The molecule has 4 rings (SSSR count). The van der Waals surface area contributed by atoms with Crippen LogP contribution in [0.4, 0.5) is 5.69 Å². The normalized spacial score (nSPS) is 21.7. The van der Waals surface area contributed by atoms with E-state index in [0.29, 0.717) is 0 Å². The van der Waals surface area contributed by atoms with E-state index in [4.69, 9.17) is 4.99 Å². The van der Waals surface area contributed by atoms with Gasteiger partial charge < -0.3 is 4.90 Å². The predicted octanol–water partition coefficient (Wildman–Crippen LogP) is 3.98. The van der Waals surface area contributed by atoms with Crippen LogP contribution in [-0.2, 0) is 5.41 Å². The first-order valence-electron chi connectivity index (χ1n) is 9.04. The highest BCUT2D eigenvalue weighted by Gasteiger charge is 2.37. The average molecular weight is 340 g/mol. The summed E-state index contributed by atoms with van der Waals surface area (Å²) in [6.45, 7) is 8.55. The molecule has 1 atom stereocenters. The summed E-state index contributed by atoms with van der Waals surface area (Å²) < 4.78 is 0. The number of para-hydroxylation sites is 1. The van der Waals surface area contributed by atoms with Crippen LogP contribution in [0.15, 0.2) is 77.5 Å². The van der Waals surface area contributed by atoms with Gasteiger partial charge in [0, 0.05) is 29.4 Å². The summed E-state index contributed by atoms with van der Waals surface area (Å²) in [5.41, 5.74) is 5.12. The summed E-state index contributed by atoms with van der Waals surface area (Å²) in [4.78, 5) is 7.09. The summed E-state index contributed by atoms with van der Waals surface area (Å²) in [5.74, 6) is 0. The Morgan fingerprint density at radius 2 is 1.96 bits per heavy atom. The van der Waals surface area contributed by atoms with Crippen molar-refractivity contribution in [3.8, 4) is 0 Å². The molecular weight excluding hydrogens is 316 g/mol. The first kappa shape index (κ1) is 16.6. The van der Waals surface area contributed by atoms with Crippen molar-refractivity contribution in [1.29, 1.82) is 0 Å². The molecule has 0 fully saturated rings. The van der Waals surface area contributed by atoms with Crippen LogP contribution in [0.25, 0.3) is 12.7 Å². The van der Waals surface area contributed by atoms with E-state index in [1.54, 1.807) is 0 Å². The molecule has 2 aliphatic heterocycles. The summed E-state index contributed by atoms with van der Waals surface area (Å²) >= 11 is 0. The van der Waals surface area contributed by atoms with E-state index >= 15 is 0 Å². The lowest BCUT2D eigenvalue weighted by molar-refractivity contribution is 0.640. The summed E-state index contributed by atoms with van der Waals surface area (Å²) in [6.07, 6.45) is 10.8. The van der Waals surface area contributed by atoms with E-state index in [2.05, 4.69) is 93.1 Å². The molecule has 0 radical (unpaired) electrons. The molecule has 2 heterocycles. The molecule has 0 bridgehead atoms. The van der Waals surface area contributed by atoms with E-state index < -0.39 is 0 Å². The van der Waals surface area contributed by atoms with Gasteiger partial charge in [0.05, 0.1) is 11.4 Å². The minimum atomic E-state index is 0.00631. The molecule has 2 aliphatic rings. The van der Waals surface area contributed by atoms with Crippen molar-refractivity contribution in [1.82, 2.24) is 0 Å². The van der Waals surface area contributed by atoms with Crippen molar-refractivity contribution in [2.45, 2.75) is 25.3 Å². The Balaban J connectivity index is 1.61. The molecule has 2 heteroatoms. The number of fused-ring (bicyclic) bond motifs is 2. The maximum Gasteiger partial charge on any atom is 0.0874 e. The Morgan fingerprint density at radius 3 is 2.77 bits per heavy atom. The first-order valence-corrected chi connectivity index (χ1v) is 9.04. The highest BCUT2D eigenvalue weighted by atomic mass is 15.2. The molecule has 0 aromatic heterocycles. The first-order chi connectivity index (χ1) is 12.5. The molecule has 2 aromatic carbocycles. The van der Waals surface area contributed by atoms with E-state index in [0.717, 1.165) is 16.1 Å². The fourth-order valence-electron chi connectivity index (χ4n) is 3.93. The zero-order chi connectivity index (χ0) is 18.3. The predicted molar refractivity (Wildman–Crippen MR) is 111 cm³/mol. The van der Waals surface area contributed by atoms with Crippen molar-refractivity contribution in [3.63, 3.8) is 0 Å². The minimum absolute atomic E-state index is 0.00631. The van der Waals surface area contributed by atoms with Crippen molar-refractivity contribution in [2.75, 3.05) is 11.9 Å². The van der Waals surface area contributed by atoms with Crippen molar-refractivity contribution >= 4 is 18.3 Å². The topological polar surface area (TPSA) is 15.6 Å². The zero-order valence-electron chi connectivity index (χ0n) is 15.6. The van der Waals surface area contributed by atoms with Crippen LogP contribution in [0.3, 0.4) is 0 Å². The molecular formula is C24H24N2. The number of benzene rings is 2. The average Bonchev–Trinajstić information content (AvgIpc) is 2.83. The number of anilines is 1. The van der Waals surface area contributed by atoms with Gasteiger partial charge in [-0.05, 0) is 35.1 Å². The maximum atomic E-state index is 4.80. The smallest absolute Gasteiger partial charge is 0.0874 e. The highest BCUT2D eigenvalue weighted by Crippen LogP contribution is 2.46. The van der Waals surface area contributed by atoms with Crippen LogP contribution in [0.2, 0.25) is 0 Å². The van der Waals surface area contributed by atoms with Crippen LogP contribution < -0.4 is 15.5 Å². The Morgan fingerprint density at radius 1 is 1.15 bits per heavy atom. The number of rotatable bonds is 2. The van der Waals surface area contributed by atoms with E-state index in [9.17, 15) is 0 Å². The minimum Gasteiger partial charge on any atom is -0.347 e. The zero-order valence-corrected chi connectivity index (χ0v) is 15.6. The maximum absolute atomic E-state index is 4.80. The second-order valence-corrected chi connectivity index (χ2v) is 7.51. The number of likely N-dealkylation sites (N-methyl/N-ethyl adjacent to an activating group) is 1. The molecule has 130 valence electrons. The third-order valence-corrected chi connectivity index (χ3v) is 5.36. The van der Waals surface area contributed by atoms with Gasteiger partial charge in [0.2, 0.25) is 0 Å². The fourth-order valence-corrected chi connectivity index (χ4v) is 3.93. The Hall–Kier alpha value is -2.87. The molecule has 1 unspecified atom stereocenters. The molecule has 0 amide bonds. The van der Waals surface area contributed by atoms with Crippen molar-refractivity contribution < 1.29 is 0 Å². The largest absolute Gasteiger partial charge is 0.347 e. The fraction of sp³-hybridized carbons (Fsp3) is 0.208. The second-order valence-electron chi connectivity index (χ2n) is 7.51. The summed E-state index contributed by atoms with van der Waals surface area (Å²) in [5, 5.41) is 2.06. The van der Waals surface area contributed by atoms with Crippen LogP contribution in [0, 0.1) is 0 Å². The number of allylic oxidation sites excluding steroid dienone is 3. The summed E-state index contributed by atoms with van der Waals surface area (Å²) in [6, 6.07) is 14.8. The van der Waals surface area contributed by atoms with E-state index in [-0.39, 0.29) is 11.5 Å². The van der Waals surface area contributed by atoms with Gasteiger partial charge in [0.1, 0.15) is 0 Å². The van der Waals surface area contributed by atoms with Gasteiger partial charge in [0.15, 0.2) is 0 Å². The van der Waals surface area contributed by atoms with Gasteiger partial charge in [-0.3, -0.25) is 4.99 Å². The molecule has 0 saturated heterocycles. The van der Waals surface area contributed by atoms with Gasteiger partial charge in [-0.15, -0.1) is 0 Å². The Bertz CT molecular complexity index is 1050.